The topological polar surface area (TPSA) is 44.9 Å². The van der Waals surface area contributed by atoms with E-state index in [-0.39, 0.29) is 11.6 Å². The highest BCUT2D eigenvalue weighted by molar-refractivity contribution is 7.16. The fourth-order valence-corrected chi connectivity index (χ4v) is 2.59. The lowest BCUT2D eigenvalue weighted by Crippen LogP contribution is -2.19. The summed E-state index contributed by atoms with van der Waals surface area (Å²) < 4.78 is 0.797. The predicted octanol–water partition coefficient (Wildman–Crippen LogP) is 2.94. The molecule has 2 aromatic heterocycles. The molecule has 2 N–H and O–H groups in total. The summed E-state index contributed by atoms with van der Waals surface area (Å²) in [5.74, 6) is 0. The Kier molecular flexibility index (Phi) is 3.99. The summed E-state index contributed by atoms with van der Waals surface area (Å²) in [6.45, 7) is 2.79. The molecule has 3 nitrogen and oxygen atoms in total. The van der Waals surface area contributed by atoms with Crippen LogP contribution in [0.15, 0.2) is 35.3 Å². The summed E-state index contributed by atoms with van der Waals surface area (Å²) in [5.41, 5.74) is 0.909. The fourth-order valence-electron chi connectivity index (χ4n) is 1.55. The fraction of sp³-hybridized carbons (Fsp3) is 0.250. The smallest absolute Gasteiger partial charge is 0.248 e. The number of nitrogens with one attached hydrogen (secondary N) is 2. The highest BCUT2D eigenvalue weighted by atomic mass is 35.5. The Bertz CT molecular complexity index is 549. The van der Waals surface area contributed by atoms with Crippen molar-refractivity contribution in [1.82, 2.24) is 10.3 Å². The van der Waals surface area contributed by atoms with E-state index in [9.17, 15) is 4.79 Å². The second kappa shape index (κ2) is 5.49. The van der Waals surface area contributed by atoms with E-state index in [1.165, 1.54) is 4.88 Å². The summed E-state index contributed by atoms with van der Waals surface area (Å²) >= 11 is 7.42. The molecule has 5 heteroatoms. The summed E-state index contributed by atoms with van der Waals surface area (Å²) in [6, 6.07) is 7.55. The molecule has 2 heterocycles. The molecule has 2 rings (SSSR count). The number of pyridine rings is 1. The van der Waals surface area contributed by atoms with Crippen LogP contribution in [0.5, 0.6) is 0 Å². The zero-order valence-corrected chi connectivity index (χ0v) is 10.9. The van der Waals surface area contributed by atoms with Crippen molar-refractivity contribution in [2.24, 2.45) is 0 Å². The van der Waals surface area contributed by atoms with E-state index in [1.807, 2.05) is 25.1 Å². The van der Waals surface area contributed by atoms with Gasteiger partial charge in [-0.25, -0.2) is 0 Å². The first kappa shape index (κ1) is 12.4. The van der Waals surface area contributed by atoms with Crippen LogP contribution in [-0.2, 0) is 6.54 Å². The third-order valence-corrected chi connectivity index (χ3v) is 3.74. The Morgan fingerprint density at radius 2 is 2.29 bits per heavy atom. The molecule has 0 unspecified atom stereocenters. The van der Waals surface area contributed by atoms with Crippen LogP contribution in [-0.4, -0.2) is 4.98 Å². The predicted molar refractivity (Wildman–Crippen MR) is 71.6 cm³/mol. The number of halogens is 1. The van der Waals surface area contributed by atoms with E-state index in [1.54, 1.807) is 23.6 Å². The average molecular weight is 269 g/mol. The molecule has 2 aromatic rings. The lowest BCUT2D eigenvalue weighted by molar-refractivity contribution is 0.578. The molecule has 0 amide bonds. The van der Waals surface area contributed by atoms with Gasteiger partial charge in [0.05, 0.1) is 4.34 Å². The molecule has 0 aliphatic heterocycles. The number of H-pyrrole nitrogens is 1. The van der Waals surface area contributed by atoms with Crippen LogP contribution in [0.3, 0.4) is 0 Å². The van der Waals surface area contributed by atoms with Gasteiger partial charge in [-0.2, -0.15) is 0 Å². The minimum absolute atomic E-state index is 0.0738. The molecule has 0 aliphatic carbocycles. The number of hydrogen-bond donors (Lipinski definition) is 2. The van der Waals surface area contributed by atoms with Crippen LogP contribution in [0.25, 0.3) is 0 Å². The van der Waals surface area contributed by atoms with Crippen molar-refractivity contribution in [3.8, 4) is 0 Å². The zero-order valence-electron chi connectivity index (χ0n) is 9.37. The van der Waals surface area contributed by atoms with Gasteiger partial charge in [-0.3, -0.25) is 4.79 Å². The first-order chi connectivity index (χ1) is 8.15. The molecule has 0 aromatic carbocycles. The van der Waals surface area contributed by atoms with Crippen molar-refractivity contribution < 1.29 is 0 Å². The Labute approximate surface area is 108 Å². The Morgan fingerprint density at radius 3 is 2.94 bits per heavy atom. The summed E-state index contributed by atoms with van der Waals surface area (Å²) in [6.07, 6.45) is 1.66. The van der Waals surface area contributed by atoms with Crippen LogP contribution in [0.1, 0.15) is 23.4 Å². The summed E-state index contributed by atoms with van der Waals surface area (Å²) in [4.78, 5) is 15.0. The van der Waals surface area contributed by atoms with Gasteiger partial charge in [0.25, 0.3) is 0 Å². The molecule has 90 valence electrons. The van der Waals surface area contributed by atoms with Crippen molar-refractivity contribution in [1.29, 1.82) is 0 Å². The Hall–Kier alpha value is -1.10. The summed E-state index contributed by atoms with van der Waals surface area (Å²) in [5, 5.41) is 3.35. The largest absolute Gasteiger partial charge is 0.329 e. The molecular weight excluding hydrogens is 256 g/mol. The molecule has 0 aliphatic rings. The van der Waals surface area contributed by atoms with Gasteiger partial charge in [0.15, 0.2) is 0 Å². The van der Waals surface area contributed by atoms with E-state index >= 15 is 0 Å². The molecule has 0 fully saturated rings. The molecule has 0 bridgehead atoms. The third kappa shape index (κ3) is 3.43. The molecule has 17 heavy (non-hydrogen) atoms. The minimum atomic E-state index is -0.0738. The number of hydrogen-bond acceptors (Lipinski definition) is 3. The Balaban J connectivity index is 1.97. The lowest BCUT2D eigenvalue weighted by Gasteiger charge is -2.12. The molecule has 0 saturated carbocycles. The van der Waals surface area contributed by atoms with Crippen LogP contribution < -0.4 is 10.9 Å². The highest BCUT2D eigenvalue weighted by Crippen LogP contribution is 2.22. The van der Waals surface area contributed by atoms with Gasteiger partial charge in [0.1, 0.15) is 0 Å². The van der Waals surface area contributed by atoms with Gasteiger partial charge in [0, 0.05) is 29.7 Å². The first-order valence-electron chi connectivity index (χ1n) is 5.31. The Morgan fingerprint density at radius 1 is 1.47 bits per heavy atom. The average Bonchev–Trinajstić information content (AvgIpc) is 2.72. The van der Waals surface area contributed by atoms with E-state index in [2.05, 4.69) is 10.3 Å². The van der Waals surface area contributed by atoms with E-state index in [0.717, 1.165) is 16.4 Å². The quantitative estimate of drug-likeness (QED) is 0.896. The molecule has 0 radical (unpaired) electrons. The normalized spacial score (nSPS) is 12.6. The maximum absolute atomic E-state index is 11.2. The maximum Gasteiger partial charge on any atom is 0.248 e. The van der Waals surface area contributed by atoms with Crippen LogP contribution in [0.4, 0.5) is 0 Å². The highest BCUT2D eigenvalue weighted by Gasteiger charge is 2.06. The SMILES string of the molecule is C[C@@H](NCc1ccc(Cl)s1)c1cc[nH]c(=O)c1. The molecule has 0 saturated heterocycles. The third-order valence-electron chi connectivity index (χ3n) is 2.51. The molecule has 1 atom stereocenters. The molecule has 0 spiro atoms. The van der Waals surface area contributed by atoms with Gasteiger partial charge in [-0.1, -0.05) is 11.6 Å². The summed E-state index contributed by atoms with van der Waals surface area (Å²) in [7, 11) is 0. The number of aromatic amines is 1. The van der Waals surface area contributed by atoms with Gasteiger partial charge in [-0.15, -0.1) is 11.3 Å². The van der Waals surface area contributed by atoms with Gasteiger partial charge in [-0.05, 0) is 30.7 Å². The second-order valence-corrected chi connectivity index (χ2v) is 5.59. The van der Waals surface area contributed by atoms with E-state index < -0.39 is 0 Å². The lowest BCUT2D eigenvalue weighted by atomic mass is 10.1. The van der Waals surface area contributed by atoms with E-state index in [4.69, 9.17) is 11.6 Å². The van der Waals surface area contributed by atoms with Crippen molar-refractivity contribution in [2.45, 2.75) is 19.5 Å². The number of rotatable bonds is 4. The zero-order chi connectivity index (χ0) is 12.3. The number of aromatic nitrogens is 1. The van der Waals surface area contributed by atoms with Gasteiger partial charge < -0.3 is 10.3 Å². The van der Waals surface area contributed by atoms with Crippen LogP contribution >= 0.6 is 22.9 Å². The minimum Gasteiger partial charge on any atom is -0.329 e. The van der Waals surface area contributed by atoms with Gasteiger partial charge in [0.2, 0.25) is 5.56 Å². The second-order valence-electron chi connectivity index (χ2n) is 3.79. The first-order valence-corrected chi connectivity index (χ1v) is 6.51. The monoisotopic (exact) mass is 268 g/mol. The van der Waals surface area contributed by atoms with E-state index in [0.29, 0.717) is 0 Å². The van der Waals surface area contributed by atoms with Crippen LogP contribution in [0.2, 0.25) is 4.34 Å². The van der Waals surface area contributed by atoms with Crippen molar-refractivity contribution in [3.05, 3.63) is 55.6 Å². The van der Waals surface area contributed by atoms with Crippen LogP contribution in [0, 0.1) is 0 Å². The van der Waals surface area contributed by atoms with Crippen molar-refractivity contribution in [3.63, 3.8) is 0 Å². The standard InChI is InChI=1S/C12H13ClN2OS/c1-8(9-4-5-14-12(16)6-9)15-7-10-2-3-11(13)17-10/h2-6,8,15H,7H2,1H3,(H,14,16)/t8-/m1/s1. The van der Waals surface area contributed by atoms with Gasteiger partial charge >= 0.3 is 0 Å². The number of thiophene rings is 1. The maximum atomic E-state index is 11.2. The molecular formula is C12H13ClN2OS. The van der Waals surface area contributed by atoms with Crippen molar-refractivity contribution >= 4 is 22.9 Å². The van der Waals surface area contributed by atoms with Crippen molar-refractivity contribution in [2.75, 3.05) is 0 Å².